The molecule has 0 aliphatic carbocycles. The number of alkyl carbamates (subject to hydrolysis) is 1. The van der Waals surface area contributed by atoms with Crippen molar-refractivity contribution >= 4 is 12.0 Å². The smallest absolute Gasteiger partial charge is 0.408 e. The summed E-state index contributed by atoms with van der Waals surface area (Å²) in [7, 11) is 0. The first kappa shape index (κ1) is 16.3. The lowest BCUT2D eigenvalue weighted by atomic mass is 10.0. The van der Waals surface area contributed by atoms with Crippen molar-refractivity contribution in [2.24, 2.45) is 0 Å². The van der Waals surface area contributed by atoms with Crippen molar-refractivity contribution in [1.82, 2.24) is 10.2 Å². The highest BCUT2D eigenvalue weighted by Crippen LogP contribution is 2.11. The predicted octanol–water partition coefficient (Wildman–Crippen LogP) is 1.55. The number of carbonyl (C=O) groups excluding carboxylic acids is 2. The highest BCUT2D eigenvalue weighted by Gasteiger charge is 2.34. The van der Waals surface area contributed by atoms with Crippen LogP contribution in [0.5, 0.6) is 0 Å². The van der Waals surface area contributed by atoms with Crippen LogP contribution in [0.3, 0.4) is 0 Å². The van der Waals surface area contributed by atoms with E-state index in [0.29, 0.717) is 26.3 Å². The van der Waals surface area contributed by atoms with Crippen LogP contribution in [0.15, 0.2) is 30.3 Å². The average molecular weight is 306 g/mol. The van der Waals surface area contributed by atoms with E-state index in [9.17, 15) is 9.59 Å². The lowest BCUT2D eigenvalue weighted by Gasteiger charge is -2.34. The molecule has 6 nitrogen and oxygen atoms in total. The Hall–Kier alpha value is -2.08. The second kappa shape index (κ2) is 7.26. The minimum atomic E-state index is -1.01. The summed E-state index contributed by atoms with van der Waals surface area (Å²) in [6.45, 7) is 5.67. The third-order valence-corrected chi connectivity index (χ3v) is 3.46. The van der Waals surface area contributed by atoms with E-state index in [-0.39, 0.29) is 12.5 Å². The highest BCUT2D eigenvalue weighted by atomic mass is 16.5. The van der Waals surface area contributed by atoms with Gasteiger partial charge >= 0.3 is 6.09 Å². The van der Waals surface area contributed by atoms with Gasteiger partial charge in [0.05, 0.1) is 13.2 Å². The summed E-state index contributed by atoms with van der Waals surface area (Å²) in [6, 6.07) is 9.40. The maximum atomic E-state index is 12.4. The molecule has 120 valence electrons. The van der Waals surface area contributed by atoms with E-state index in [1.54, 1.807) is 18.7 Å². The zero-order valence-electron chi connectivity index (χ0n) is 13.0. The first-order chi connectivity index (χ1) is 10.5. The van der Waals surface area contributed by atoms with Crippen LogP contribution in [-0.4, -0.2) is 48.7 Å². The molecule has 2 rings (SSSR count). The van der Waals surface area contributed by atoms with Crippen LogP contribution in [0, 0.1) is 0 Å². The molecule has 1 aliphatic rings. The maximum absolute atomic E-state index is 12.4. The van der Waals surface area contributed by atoms with Gasteiger partial charge in [0.2, 0.25) is 5.91 Å². The average Bonchev–Trinajstić information content (AvgIpc) is 2.53. The Morgan fingerprint density at radius 2 is 1.86 bits per heavy atom. The van der Waals surface area contributed by atoms with Crippen molar-refractivity contribution < 1.29 is 19.1 Å². The molecule has 6 heteroatoms. The standard InChI is InChI=1S/C16H22N2O4/c1-16(2,14(19)18-8-10-21-11-9-18)17-15(20)22-12-13-6-4-3-5-7-13/h3-7H,8-12H2,1-2H3,(H,17,20). The number of nitrogens with zero attached hydrogens (tertiary/aromatic N) is 1. The molecule has 1 aromatic rings. The Bertz CT molecular complexity index is 510. The van der Waals surface area contributed by atoms with Crippen LogP contribution in [-0.2, 0) is 20.9 Å². The summed E-state index contributed by atoms with van der Waals surface area (Å²) in [6.07, 6.45) is -0.601. The van der Waals surface area contributed by atoms with E-state index < -0.39 is 11.6 Å². The number of ether oxygens (including phenoxy) is 2. The van der Waals surface area contributed by atoms with E-state index in [4.69, 9.17) is 9.47 Å². The quantitative estimate of drug-likeness (QED) is 0.916. The molecule has 0 saturated carbocycles. The summed E-state index contributed by atoms with van der Waals surface area (Å²) in [5, 5.41) is 2.63. The highest BCUT2D eigenvalue weighted by molar-refractivity contribution is 5.89. The van der Waals surface area contributed by atoms with Gasteiger partial charge < -0.3 is 19.7 Å². The fourth-order valence-corrected chi connectivity index (χ4v) is 2.23. The lowest BCUT2D eigenvalue weighted by molar-refractivity contribution is -0.141. The molecule has 0 atom stereocenters. The molecule has 1 aliphatic heterocycles. The van der Waals surface area contributed by atoms with Crippen LogP contribution >= 0.6 is 0 Å². The Morgan fingerprint density at radius 3 is 2.50 bits per heavy atom. The summed E-state index contributed by atoms with van der Waals surface area (Å²) in [5.74, 6) is -0.132. The largest absolute Gasteiger partial charge is 0.445 e. The maximum Gasteiger partial charge on any atom is 0.408 e. The molecule has 1 heterocycles. The zero-order valence-corrected chi connectivity index (χ0v) is 13.0. The van der Waals surface area contributed by atoms with Gasteiger partial charge in [-0.25, -0.2) is 4.79 Å². The van der Waals surface area contributed by atoms with Crippen molar-refractivity contribution in [1.29, 1.82) is 0 Å². The van der Waals surface area contributed by atoms with Crippen LogP contribution in [0.4, 0.5) is 4.79 Å². The Kier molecular flexibility index (Phi) is 5.38. The molecular formula is C16H22N2O4. The minimum Gasteiger partial charge on any atom is -0.445 e. The molecule has 0 bridgehead atoms. The van der Waals surface area contributed by atoms with Crippen LogP contribution in [0.2, 0.25) is 0 Å². The van der Waals surface area contributed by atoms with E-state index in [1.807, 2.05) is 30.3 Å². The Labute approximate surface area is 130 Å². The van der Waals surface area contributed by atoms with Gasteiger partial charge in [-0.2, -0.15) is 0 Å². The van der Waals surface area contributed by atoms with Crippen molar-refractivity contribution in [3.05, 3.63) is 35.9 Å². The van der Waals surface area contributed by atoms with E-state index >= 15 is 0 Å². The number of carbonyl (C=O) groups is 2. The normalized spacial score (nSPS) is 15.3. The van der Waals surface area contributed by atoms with Gasteiger partial charge in [0.25, 0.3) is 0 Å². The number of amides is 2. The van der Waals surface area contributed by atoms with Gasteiger partial charge in [-0.05, 0) is 19.4 Å². The number of benzene rings is 1. The van der Waals surface area contributed by atoms with Crippen molar-refractivity contribution in [3.63, 3.8) is 0 Å². The third-order valence-electron chi connectivity index (χ3n) is 3.46. The number of hydrogen-bond donors (Lipinski definition) is 1. The van der Waals surface area contributed by atoms with Crippen molar-refractivity contribution in [2.45, 2.75) is 26.0 Å². The van der Waals surface area contributed by atoms with Gasteiger partial charge in [0.15, 0.2) is 0 Å². The number of hydrogen-bond acceptors (Lipinski definition) is 4. The third kappa shape index (κ3) is 4.46. The van der Waals surface area contributed by atoms with E-state index in [2.05, 4.69) is 5.32 Å². The van der Waals surface area contributed by atoms with Crippen LogP contribution in [0.1, 0.15) is 19.4 Å². The molecule has 1 N–H and O–H groups in total. The molecule has 0 unspecified atom stereocenters. The molecule has 1 saturated heterocycles. The van der Waals surface area contributed by atoms with Gasteiger partial charge in [0, 0.05) is 13.1 Å². The lowest BCUT2D eigenvalue weighted by Crippen LogP contribution is -2.58. The topological polar surface area (TPSA) is 67.9 Å². The van der Waals surface area contributed by atoms with E-state index in [1.165, 1.54) is 0 Å². The summed E-state index contributed by atoms with van der Waals surface area (Å²) in [4.78, 5) is 26.0. The van der Waals surface area contributed by atoms with Gasteiger partial charge in [-0.1, -0.05) is 30.3 Å². The molecule has 2 amide bonds. The van der Waals surface area contributed by atoms with Crippen molar-refractivity contribution in [2.75, 3.05) is 26.3 Å². The van der Waals surface area contributed by atoms with Gasteiger partial charge in [-0.3, -0.25) is 4.79 Å². The minimum absolute atomic E-state index is 0.132. The fourth-order valence-electron chi connectivity index (χ4n) is 2.23. The van der Waals surface area contributed by atoms with E-state index in [0.717, 1.165) is 5.56 Å². The second-order valence-corrected chi connectivity index (χ2v) is 5.72. The first-order valence-electron chi connectivity index (χ1n) is 7.35. The summed E-state index contributed by atoms with van der Waals surface area (Å²) < 4.78 is 10.4. The Morgan fingerprint density at radius 1 is 1.23 bits per heavy atom. The predicted molar refractivity (Wildman–Crippen MR) is 81.2 cm³/mol. The number of morpholine rings is 1. The second-order valence-electron chi connectivity index (χ2n) is 5.72. The molecular weight excluding hydrogens is 284 g/mol. The SMILES string of the molecule is CC(C)(NC(=O)OCc1ccccc1)C(=O)N1CCOCC1. The van der Waals surface area contributed by atoms with Gasteiger partial charge in [0.1, 0.15) is 12.1 Å². The summed E-state index contributed by atoms with van der Waals surface area (Å²) >= 11 is 0. The molecule has 0 spiro atoms. The monoisotopic (exact) mass is 306 g/mol. The molecule has 1 fully saturated rings. The van der Waals surface area contributed by atoms with Crippen LogP contribution in [0.25, 0.3) is 0 Å². The molecule has 22 heavy (non-hydrogen) atoms. The summed E-state index contributed by atoms with van der Waals surface area (Å²) in [5.41, 5.74) is -0.111. The fraction of sp³-hybridized carbons (Fsp3) is 0.500. The molecule has 0 aromatic heterocycles. The molecule has 1 aromatic carbocycles. The van der Waals surface area contributed by atoms with Gasteiger partial charge in [-0.15, -0.1) is 0 Å². The first-order valence-corrected chi connectivity index (χ1v) is 7.35. The Balaban J connectivity index is 1.84. The van der Waals surface area contributed by atoms with Crippen molar-refractivity contribution in [3.8, 4) is 0 Å². The molecule has 0 radical (unpaired) electrons. The van der Waals surface area contributed by atoms with Crippen LogP contribution < -0.4 is 5.32 Å². The zero-order chi connectivity index (χ0) is 16.0. The number of rotatable bonds is 4. The number of nitrogens with one attached hydrogen (secondary N) is 1.